The van der Waals surface area contributed by atoms with Crippen molar-refractivity contribution in [2.45, 2.75) is 26.4 Å². The summed E-state index contributed by atoms with van der Waals surface area (Å²) in [6, 6.07) is 0. The largest absolute Gasteiger partial charge is 0.517 e. The summed E-state index contributed by atoms with van der Waals surface area (Å²) in [5.41, 5.74) is 3.88. The molecule has 0 aliphatic carbocycles. The molecule has 0 aliphatic heterocycles. The number of nitrogens with two attached hydrogens (primary N) is 1. The van der Waals surface area contributed by atoms with Crippen LogP contribution >= 0.6 is 11.6 Å². The monoisotopic (exact) mass is 211 g/mol. The molecule has 13 heavy (non-hydrogen) atoms. The topological polar surface area (TPSA) is 78.6 Å². The van der Waals surface area contributed by atoms with Crippen molar-refractivity contribution in [2.24, 2.45) is 5.73 Å². The Kier molecular flexibility index (Phi) is 7.31. The van der Waals surface area contributed by atoms with E-state index < -0.39 is 17.8 Å². The standard InChI is InChI=1S/C6H11NO4.CH3Cl/c1-6(2,3)11-5(9)10-4(7)8;1-2/h1-3H3,(H2,7,8);1H3. The van der Waals surface area contributed by atoms with Crippen LogP contribution in [0.25, 0.3) is 0 Å². The van der Waals surface area contributed by atoms with E-state index in [1.54, 1.807) is 20.8 Å². The highest BCUT2D eigenvalue weighted by Crippen LogP contribution is 2.07. The maximum atomic E-state index is 10.5. The van der Waals surface area contributed by atoms with Crippen molar-refractivity contribution >= 4 is 23.8 Å². The van der Waals surface area contributed by atoms with Crippen LogP contribution < -0.4 is 5.73 Å². The number of carbonyl (C=O) groups excluding carboxylic acids is 2. The predicted octanol–water partition coefficient (Wildman–Crippen LogP) is 1.87. The van der Waals surface area contributed by atoms with Crippen LogP contribution in [0.1, 0.15) is 20.8 Å². The number of hydrogen-bond donors (Lipinski definition) is 1. The van der Waals surface area contributed by atoms with Gasteiger partial charge in [0, 0.05) is 6.38 Å². The summed E-state index contributed by atoms with van der Waals surface area (Å²) >= 11 is 4.64. The molecule has 0 spiro atoms. The molecule has 5 nitrogen and oxygen atoms in total. The van der Waals surface area contributed by atoms with Crippen LogP contribution in [-0.2, 0) is 9.47 Å². The van der Waals surface area contributed by atoms with Crippen LogP contribution in [-0.4, -0.2) is 24.2 Å². The second-order valence-corrected chi connectivity index (χ2v) is 2.89. The van der Waals surface area contributed by atoms with Crippen LogP contribution in [0.4, 0.5) is 9.59 Å². The fourth-order valence-corrected chi connectivity index (χ4v) is 0.353. The van der Waals surface area contributed by atoms with Gasteiger partial charge in [-0.3, -0.25) is 0 Å². The minimum absolute atomic E-state index is 0.674. The first-order valence-corrected chi connectivity index (χ1v) is 4.15. The average Bonchev–Trinajstić information content (AvgIpc) is 1.85. The second-order valence-electron chi connectivity index (χ2n) is 2.89. The molecule has 0 aromatic heterocycles. The third kappa shape index (κ3) is 13.9. The van der Waals surface area contributed by atoms with Crippen molar-refractivity contribution in [3.63, 3.8) is 0 Å². The molecule has 1 amide bonds. The highest BCUT2D eigenvalue weighted by Gasteiger charge is 2.18. The van der Waals surface area contributed by atoms with Gasteiger partial charge in [-0.2, -0.15) is 0 Å². The quantitative estimate of drug-likeness (QED) is 0.377. The van der Waals surface area contributed by atoms with Crippen LogP contribution in [0.3, 0.4) is 0 Å². The van der Waals surface area contributed by atoms with E-state index >= 15 is 0 Å². The summed E-state index contributed by atoms with van der Waals surface area (Å²) in [5, 5.41) is 0. The Morgan fingerprint density at radius 1 is 1.23 bits per heavy atom. The van der Waals surface area contributed by atoms with E-state index in [0.29, 0.717) is 0 Å². The Labute approximate surface area is 82.1 Å². The fourth-order valence-electron chi connectivity index (χ4n) is 0.353. The molecule has 0 rings (SSSR count). The van der Waals surface area contributed by atoms with Crippen molar-refractivity contribution in [3.05, 3.63) is 0 Å². The average molecular weight is 212 g/mol. The molecule has 78 valence electrons. The van der Waals surface area contributed by atoms with Gasteiger partial charge < -0.3 is 15.2 Å². The number of ether oxygens (including phenoxy) is 2. The summed E-state index contributed by atoms with van der Waals surface area (Å²) in [7, 11) is 0. The SMILES string of the molecule is CC(C)(C)OC(=O)OC(N)=O.CCl. The van der Waals surface area contributed by atoms with Crippen molar-refractivity contribution < 1.29 is 19.1 Å². The van der Waals surface area contributed by atoms with E-state index in [2.05, 4.69) is 26.8 Å². The summed E-state index contributed by atoms with van der Waals surface area (Å²) in [6.45, 7) is 4.94. The highest BCUT2D eigenvalue weighted by molar-refractivity contribution is 6.15. The Bertz CT molecular complexity index is 176. The van der Waals surface area contributed by atoms with Gasteiger partial charge in [0.25, 0.3) is 0 Å². The number of rotatable bonds is 0. The minimum Gasteiger partial charge on any atom is -0.428 e. The summed E-state index contributed by atoms with van der Waals surface area (Å²) in [4.78, 5) is 20.5. The highest BCUT2D eigenvalue weighted by atomic mass is 35.5. The number of amides is 1. The molecule has 0 bridgehead atoms. The van der Waals surface area contributed by atoms with Gasteiger partial charge in [-0.05, 0) is 20.8 Å². The van der Waals surface area contributed by atoms with Crippen LogP contribution in [0.2, 0.25) is 0 Å². The molecule has 6 heteroatoms. The summed E-state index contributed by atoms with van der Waals surface area (Å²) in [5.74, 6) is 0. The van der Waals surface area contributed by atoms with Gasteiger partial charge in [-0.25, -0.2) is 9.59 Å². The molecule has 0 fully saturated rings. The van der Waals surface area contributed by atoms with E-state index in [0.717, 1.165) is 0 Å². The first-order valence-electron chi connectivity index (χ1n) is 3.39. The van der Waals surface area contributed by atoms with Gasteiger partial charge in [0.15, 0.2) is 0 Å². The van der Waals surface area contributed by atoms with Crippen molar-refractivity contribution in [1.82, 2.24) is 0 Å². The first-order chi connectivity index (χ1) is 5.81. The normalized spacial score (nSPS) is 9.31. The number of halogens is 1. The zero-order valence-electron chi connectivity index (χ0n) is 8.09. The van der Waals surface area contributed by atoms with Gasteiger partial charge in [-0.1, -0.05) is 0 Å². The Morgan fingerprint density at radius 3 is 1.85 bits per heavy atom. The van der Waals surface area contributed by atoms with Crippen LogP contribution in [0.5, 0.6) is 0 Å². The molecule has 0 heterocycles. The number of carbonyl (C=O) groups is 2. The van der Waals surface area contributed by atoms with Gasteiger partial charge in [-0.15, -0.1) is 11.6 Å². The second kappa shape index (κ2) is 6.54. The molecule has 0 aromatic carbocycles. The smallest absolute Gasteiger partial charge is 0.428 e. The van der Waals surface area contributed by atoms with E-state index in [9.17, 15) is 9.59 Å². The minimum atomic E-state index is -1.17. The lowest BCUT2D eigenvalue weighted by Crippen LogP contribution is -2.27. The molecule has 0 saturated carbocycles. The lowest BCUT2D eigenvalue weighted by Gasteiger charge is -2.17. The molecule has 0 aliphatic rings. The Morgan fingerprint density at radius 2 is 1.62 bits per heavy atom. The number of alkyl halides is 1. The lowest BCUT2D eigenvalue weighted by molar-refractivity contribution is 0.0105. The van der Waals surface area contributed by atoms with Gasteiger partial charge >= 0.3 is 12.2 Å². The zero-order chi connectivity index (χ0) is 11.1. The van der Waals surface area contributed by atoms with E-state index in [1.807, 2.05) is 0 Å². The molecule has 2 N–H and O–H groups in total. The lowest BCUT2D eigenvalue weighted by atomic mass is 10.2. The van der Waals surface area contributed by atoms with Gasteiger partial charge in [0.2, 0.25) is 0 Å². The molecule has 0 atom stereocenters. The molecule has 0 saturated heterocycles. The van der Waals surface area contributed by atoms with Crippen molar-refractivity contribution in [2.75, 3.05) is 6.38 Å². The summed E-state index contributed by atoms with van der Waals surface area (Å²) < 4.78 is 8.49. The number of primary amides is 1. The third-order valence-electron chi connectivity index (χ3n) is 0.573. The summed E-state index contributed by atoms with van der Waals surface area (Å²) in [6.07, 6.45) is -0.774. The molecule has 0 radical (unpaired) electrons. The van der Waals surface area contributed by atoms with Crippen molar-refractivity contribution in [3.8, 4) is 0 Å². The molecular weight excluding hydrogens is 198 g/mol. The van der Waals surface area contributed by atoms with Crippen LogP contribution in [0, 0.1) is 0 Å². The molecule has 0 aromatic rings. The predicted molar refractivity (Wildman–Crippen MR) is 48.7 cm³/mol. The fraction of sp³-hybridized carbons (Fsp3) is 0.714. The van der Waals surface area contributed by atoms with Gasteiger partial charge in [0.05, 0.1) is 0 Å². The zero-order valence-corrected chi connectivity index (χ0v) is 8.84. The first kappa shape index (κ1) is 14.5. The number of hydrogen-bond acceptors (Lipinski definition) is 4. The maximum Gasteiger partial charge on any atom is 0.517 e. The van der Waals surface area contributed by atoms with E-state index in [-0.39, 0.29) is 0 Å². The van der Waals surface area contributed by atoms with E-state index in [1.165, 1.54) is 6.38 Å². The van der Waals surface area contributed by atoms with Crippen LogP contribution in [0.15, 0.2) is 0 Å². The Balaban J connectivity index is 0. The third-order valence-corrected chi connectivity index (χ3v) is 0.573. The van der Waals surface area contributed by atoms with Crippen molar-refractivity contribution in [1.29, 1.82) is 0 Å². The van der Waals surface area contributed by atoms with E-state index in [4.69, 9.17) is 0 Å². The maximum absolute atomic E-state index is 10.5. The molecular formula is C7H14ClNO4. The molecule has 0 unspecified atom stereocenters. The van der Waals surface area contributed by atoms with Gasteiger partial charge in [0.1, 0.15) is 5.60 Å². The Hall–Kier alpha value is -0.970.